The third-order valence-electron chi connectivity index (χ3n) is 10.0. The number of aliphatic hydroxyl groups is 5. The van der Waals surface area contributed by atoms with Crippen LogP contribution in [0.1, 0.15) is 181 Å². The minimum atomic E-state index is -1.56. The van der Waals surface area contributed by atoms with Gasteiger partial charge in [-0.2, -0.15) is 0 Å². The van der Waals surface area contributed by atoms with E-state index in [1.54, 1.807) is 6.08 Å². The van der Waals surface area contributed by atoms with Crippen molar-refractivity contribution in [2.24, 2.45) is 0 Å². The average molecular weight is 726 g/mol. The highest BCUT2D eigenvalue weighted by Crippen LogP contribution is 2.22. The van der Waals surface area contributed by atoms with Gasteiger partial charge >= 0.3 is 0 Å². The molecule has 300 valence electrons. The summed E-state index contributed by atoms with van der Waals surface area (Å²) in [5.41, 5.74) is 0. The lowest BCUT2D eigenvalue weighted by Gasteiger charge is -2.40. The summed E-state index contributed by atoms with van der Waals surface area (Å²) in [4.78, 5) is 12.9. The molecule has 0 aromatic rings. The van der Waals surface area contributed by atoms with Gasteiger partial charge in [-0.05, 0) is 44.9 Å². The topological polar surface area (TPSA) is 149 Å². The number of carbonyl (C=O) groups is 1. The van der Waals surface area contributed by atoms with Crippen molar-refractivity contribution in [2.75, 3.05) is 13.2 Å². The van der Waals surface area contributed by atoms with Crippen LogP contribution in [0.5, 0.6) is 0 Å². The SMILES string of the molecule is CCCCCC/C=C\CCCCCCCC(=O)NC(COC1OC(CO)C(O)C(O)C1O)C(O)/C=C/CCCCCCCCCCCCCCC. The highest BCUT2D eigenvalue weighted by Gasteiger charge is 2.44. The molecule has 1 rings (SSSR count). The van der Waals surface area contributed by atoms with Crippen LogP contribution in [0.25, 0.3) is 0 Å². The Balaban J connectivity index is 2.42. The van der Waals surface area contributed by atoms with Gasteiger partial charge in [0.25, 0.3) is 0 Å². The lowest BCUT2D eigenvalue weighted by atomic mass is 9.99. The minimum absolute atomic E-state index is 0.188. The molecule has 51 heavy (non-hydrogen) atoms. The van der Waals surface area contributed by atoms with Crippen molar-refractivity contribution in [2.45, 2.75) is 224 Å². The van der Waals surface area contributed by atoms with Gasteiger partial charge in [-0.15, -0.1) is 0 Å². The van der Waals surface area contributed by atoms with E-state index in [0.717, 1.165) is 57.8 Å². The number of nitrogens with one attached hydrogen (secondary N) is 1. The number of carbonyl (C=O) groups excluding carboxylic acids is 1. The average Bonchev–Trinajstić information content (AvgIpc) is 3.13. The highest BCUT2D eigenvalue weighted by atomic mass is 16.7. The van der Waals surface area contributed by atoms with Crippen LogP contribution in [0.2, 0.25) is 0 Å². The smallest absolute Gasteiger partial charge is 0.220 e. The minimum Gasteiger partial charge on any atom is -0.394 e. The summed E-state index contributed by atoms with van der Waals surface area (Å²) < 4.78 is 11.2. The standard InChI is InChI=1S/C42H79NO8/c1-3-5-7-9-11-13-15-17-18-20-21-23-25-27-29-31-36(45)35(34-50-42-41(49)40(48)39(47)37(33-44)51-42)43-38(46)32-30-28-26-24-22-19-16-14-12-10-8-6-4-2/h14,16,29,31,35-37,39-42,44-45,47-49H,3-13,15,17-28,30,32-34H2,1-2H3,(H,43,46)/b16-14-,31-29+. The number of rotatable bonds is 34. The quantitative estimate of drug-likeness (QED) is 0.0289. The lowest BCUT2D eigenvalue weighted by molar-refractivity contribution is -0.302. The van der Waals surface area contributed by atoms with E-state index in [1.165, 1.54) is 103 Å². The third kappa shape index (κ3) is 24.6. The van der Waals surface area contributed by atoms with E-state index in [-0.39, 0.29) is 12.5 Å². The van der Waals surface area contributed by atoms with Gasteiger partial charge in [0.05, 0.1) is 25.4 Å². The molecule has 1 aliphatic rings. The van der Waals surface area contributed by atoms with Gasteiger partial charge < -0.3 is 40.3 Å². The Kier molecular flexibility index (Phi) is 31.1. The lowest BCUT2D eigenvalue weighted by Crippen LogP contribution is -2.60. The maximum atomic E-state index is 12.9. The van der Waals surface area contributed by atoms with E-state index < -0.39 is 49.5 Å². The molecule has 7 unspecified atom stereocenters. The predicted molar refractivity (Wildman–Crippen MR) is 207 cm³/mol. The van der Waals surface area contributed by atoms with Gasteiger partial charge in [-0.3, -0.25) is 4.79 Å². The van der Waals surface area contributed by atoms with Crippen molar-refractivity contribution in [3.8, 4) is 0 Å². The normalized spacial score (nSPS) is 22.2. The Morgan fingerprint density at radius 3 is 1.61 bits per heavy atom. The van der Waals surface area contributed by atoms with E-state index in [4.69, 9.17) is 9.47 Å². The molecule has 0 bridgehead atoms. The van der Waals surface area contributed by atoms with Crippen molar-refractivity contribution in [1.29, 1.82) is 0 Å². The van der Waals surface area contributed by atoms with E-state index in [0.29, 0.717) is 6.42 Å². The fourth-order valence-corrected chi connectivity index (χ4v) is 6.56. The molecule has 1 aliphatic heterocycles. The molecule has 0 aromatic carbocycles. The Labute approximate surface area is 311 Å². The van der Waals surface area contributed by atoms with Gasteiger partial charge in [0, 0.05) is 6.42 Å². The maximum absolute atomic E-state index is 12.9. The van der Waals surface area contributed by atoms with E-state index in [1.807, 2.05) is 6.08 Å². The Morgan fingerprint density at radius 1 is 0.647 bits per heavy atom. The summed E-state index contributed by atoms with van der Waals surface area (Å²) in [7, 11) is 0. The summed E-state index contributed by atoms with van der Waals surface area (Å²) in [6.07, 6.45) is 30.7. The number of amides is 1. The zero-order chi connectivity index (χ0) is 37.4. The molecule has 7 atom stereocenters. The van der Waals surface area contributed by atoms with Crippen molar-refractivity contribution in [1.82, 2.24) is 5.32 Å². The molecule has 0 aromatic heterocycles. The van der Waals surface area contributed by atoms with Crippen molar-refractivity contribution in [3.63, 3.8) is 0 Å². The first-order valence-corrected chi connectivity index (χ1v) is 21.1. The zero-order valence-corrected chi connectivity index (χ0v) is 32.6. The second kappa shape index (κ2) is 33.3. The summed E-state index contributed by atoms with van der Waals surface area (Å²) in [6, 6.07) is -0.804. The second-order valence-corrected chi connectivity index (χ2v) is 14.8. The highest BCUT2D eigenvalue weighted by molar-refractivity contribution is 5.76. The first-order valence-electron chi connectivity index (χ1n) is 21.1. The van der Waals surface area contributed by atoms with Crippen LogP contribution in [0.4, 0.5) is 0 Å². The molecule has 1 saturated heterocycles. The van der Waals surface area contributed by atoms with Crippen LogP contribution >= 0.6 is 0 Å². The molecule has 1 heterocycles. The van der Waals surface area contributed by atoms with E-state index in [2.05, 4.69) is 31.3 Å². The maximum Gasteiger partial charge on any atom is 0.220 e. The molecule has 0 radical (unpaired) electrons. The number of hydrogen-bond donors (Lipinski definition) is 6. The predicted octanol–water partition coefficient (Wildman–Crippen LogP) is 7.94. The van der Waals surface area contributed by atoms with Crippen LogP contribution in [0.15, 0.2) is 24.3 Å². The van der Waals surface area contributed by atoms with Crippen molar-refractivity contribution in [3.05, 3.63) is 24.3 Å². The first-order chi connectivity index (χ1) is 24.8. The van der Waals surface area contributed by atoms with Crippen LogP contribution in [0, 0.1) is 0 Å². The van der Waals surface area contributed by atoms with Crippen molar-refractivity contribution < 1.29 is 39.8 Å². The van der Waals surface area contributed by atoms with Gasteiger partial charge in [0.1, 0.15) is 24.4 Å². The Bertz CT molecular complexity index is 853. The van der Waals surface area contributed by atoms with Crippen molar-refractivity contribution >= 4 is 5.91 Å². The van der Waals surface area contributed by atoms with Crippen LogP contribution in [-0.4, -0.2) is 87.5 Å². The number of aliphatic hydroxyl groups excluding tert-OH is 5. The van der Waals surface area contributed by atoms with E-state index in [9.17, 15) is 30.3 Å². The first kappa shape index (κ1) is 47.7. The fraction of sp³-hybridized carbons (Fsp3) is 0.881. The van der Waals surface area contributed by atoms with Gasteiger partial charge in [0.2, 0.25) is 5.91 Å². The van der Waals surface area contributed by atoms with Crippen LogP contribution < -0.4 is 5.32 Å². The largest absolute Gasteiger partial charge is 0.394 e. The summed E-state index contributed by atoms with van der Waals surface area (Å²) in [5.74, 6) is -0.188. The second-order valence-electron chi connectivity index (χ2n) is 14.8. The van der Waals surface area contributed by atoms with Gasteiger partial charge in [-0.25, -0.2) is 0 Å². The molecule has 9 heteroatoms. The molecular weight excluding hydrogens is 646 g/mol. The van der Waals surface area contributed by atoms with E-state index >= 15 is 0 Å². The van der Waals surface area contributed by atoms with Gasteiger partial charge in [-0.1, -0.05) is 154 Å². The summed E-state index contributed by atoms with van der Waals surface area (Å²) >= 11 is 0. The number of unbranched alkanes of at least 4 members (excludes halogenated alkanes) is 22. The number of ether oxygens (including phenoxy) is 2. The Morgan fingerprint density at radius 2 is 1.10 bits per heavy atom. The summed E-state index contributed by atoms with van der Waals surface area (Å²) in [6.45, 7) is 3.74. The molecule has 0 saturated carbocycles. The number of hydrogen-bond acceptors (Lipinski definition) is 8. The molecule has 0 aliphatic carbocycles. The molecule has 9 nitrogen and oxygen atoms in total. The fourth-order valence-electron chi connectivity index (χ4n) is 6.56. The van der Waals surface area contributed by atoms with Crippen LogP contribution in [-0.2, 0) is 14.3 Å². The molecule has 0 spiro atoms. The van der Waals surface area contributed by atoms with Gasteiger partial charge in [0.15, 0.2) is 6.29 Å². The number of allylic oxidation sites excluding steroid dienone is 3. The zero-order valence-electron chi connectivity index (χ0n) is 32.6. The molecule has 1 amide bonds. The molecule has 1 fully saturated rings. The summed E-state index contributed by atoms with van der Waals surface area (Å²) in [5, 5.41) is 54.0. The molecular formula is C42H79NO8. The Hall–Kier alpha value is -1.33. The van der Waals surface area contributed by atoms with Crippen LogP contribution in [0.3, 0.4) is 0 Å². The molecule has 6 N–H and O–H groups in total. The third-order valence-corrected chi connectivity index (χ3v) is 10.0. The monoisotopic (exact) mass is 726 g/mol.